The number of carbonyl (C=O) groups is 1. The van der Waals surface area contributed by atoms with Gasteiger partial charge in [0.05, 0.1) is 28.7 Å². The first-order valence-corrected chi connectivity index (χ1v) is 11.5. The van der Waals surface area contributed by atoms with Crippen molar-refractivity contribution in [2.75, 3.05) is 24.2 Å². The maximum absolute atomic E-state index is 12.4. The lowest BCUT2D eigenvalue weighted by atomic mass is 10.2. The van der Waals surface area contributed by atoms with Crippen LogP contribution in [0.2, 0.25) is 10.0 Å². The molecule has 3 aromatic rings. The lowest BCUT2D eigenvalue weighted by Crippen LogP contribution is -2.27. The van der Waals surface area contributed by atoms with Gasteiger partial charge in [-0.15, -0.1) is 0 Å². The standard InChI is InChI=1S/C20H24Cl2N6OS/c1-4-30-20-26-17(24-10-12(2)3)15-11-25-28(18(15)27-20)8-7-23-19(29)14-9-13(21)5-6-16(14)22/h5-6,9,11-12H,4,7-8,10H2,1-3H3,(H,23,29)(H,24,26,27). The molecule has 10 heteroatoms. The number of aromatic nitrogens is 4. The third kappa shape index (κ3) is 5.56. The summed E-state index contributed by atoms with van der Waals surface area (Å²) < 4.78 is 1.77. The highest BCUT2D eigenvalue weighted by Crippen LogP contribution is 2.25. The van der Waals surface area contributed by atoms with Crippen molar-refractivity contribution >= 4 is 57.7 Å². The summed E-state index contributed by atoms with van der Waals surface area (Å²) in [5.74, 6) is 1.86. The van der Waals surface area contributed by atoms with Crippen molar-refractivity contribution in [1.29, 1.82) is 0 Å². The maximum atomic E-state index is 12.4. The van der Waals surface area contributed by atoms with E-state index >= 15 is 0 Å². The van der Waals surface area contributed by atoms with E-state index < -0.39 is 0 Å². The summed E-state index contributed by atoms with van der Waals surface area (Å²) in [6, 6.07) is 4.80. The number of carbonyl (C=O) groups excluding carboxylic acids is 1. The van der Waals surface area contributed by atoms with Gasteiger partial charge < -0.3 is 10.6 Å². The second-order valence-electron chi connectivity index (χ2n) is 7.05. The Morgan fingerprint density at radius 3 is 2.80 bits per heavy atom. The molecule has 0 fully saturated rings. The highest BCUT2D eigenvalue weighted by Gasteiger charge is 2.15. The van der Waals surface area contributed by atoms with Crippen LogP contribution in [0.15, 0.2) is 29.6 Å². The normalized spacial score (nSPS) is 11.3. The zero-order valence-electron chi connectivity index (χ0n) is 17.1. The molecule has 0 saturated carbocycles. The van der Waals surface area contributed by atoms with Crippen LogP contribution in [0.25, 0.3) is 11.0 Å². The molecule has 0 bridgehead atoms. The minimum absolute atomic E-state index is 0.282. The highest BCUT2D eigenvalue weighted by molar-refractivity contribution is 7.99. The van der Waals surface area contributed by atoms with E-state index in [1.165, 1.54) is 0 Å². The second kappa shape index (κ2) is 10.3. The molecular formula is C20H24Cl2N6OS. The summed E-state index contributed by atoms with van der Waals surface area (Å²) in [4.78, 5) is 21.7. The van der Waals surface area contributed by atoms with E-state index in [2.05, 4.69) is 46.5 Å². The molecule has 0 atom stereocenters. The van der Waals surface area contributed by atoms with Crippen LogP contribution in [0.3, 0.4) is 0 Å². The van der Waals surface area contributed by atoms with E-state index in [1.54, 1.807) is 40.8 Å². The number of thioether (sulfide) groups is 1. The fraction of sp³-hybridized carbons (Fsp3) is 0.400. The molecule has 1 aromatic carbocycles. The molecule has 2 aromatic heterocycles. The number of nitrogens with one attached hydrogen (secondary N) is 2. The third-order valence-electron chi connectivity index (χ3n) is 4.21. The van der Waals surface area contributed by atoms with Crippen LogP contribution >= 0.6 is 35.0 Å². The minimum Gasteiger partial charge on any atom is -0.369 e. The molecule has 0 radical (unpaired) electrons. The molecule has 0 saturated heterocycles. The molecule has 3 rings (SSSR count). The molecule has 2 heterocycles. The van der Waals surface area contributed by atoms with Gasteiger partial charge in [-0.3, -0.25) is 4.79 Å². The van der Waals surface area contributed by atoms with Gasteiger partial charge in [-0.25, -0.2) is 14.6 Å². The summed E-state index contributed by atoms with van der Waals surface area (Å²) in [5.41, 5.74) is 1.08. The Bertz CT molecular complexity index is 1040. The largest absolute Gasteiger partial charge is 0.369 e. The Morgan fingerprint density at radius 2 is 2.07 bits per heavy atom. The minimum atomic E-state index is -0.282. The van der Waals surface area contributed by atoms with Crippen LogP contribution in [0.1, 0.15) is 31.1 Å². The van der Waals surface area contributed by atoms with Crippen molar-refractivity contribution in [1.82, 2.24) is 25.1 Å². The molecule has 0 aliphatic carbocycles. The van der Waals surface area contributed by atoms with E-state index in [0.717, 1.165) is 29.1 Å². The van der Waals surface area contributed by atoms with Crippen molar-refractivity contribution < 1.29 is 4.79 Å². The Kier molecular flexibility index (Phi) is 7.80. The van der Waals surface area contributed by atoms with Crippen LogP contribution in [-0.2, 0) is 6.54 Å². The van der Waals surface area contributed by atoms with Crippen LogP contribution < -0.4 is 10.6 Å². The molecule has 160 valence electrons. The van der Waals surface area contributed by atoms with Gasteiger partial charge in [-0.1, -0.05) is 55.7 Å². The number of rotatable bonds is 9. The van der Waals surface area contributed by atoms with Crippen LogP contribution in [0.4, 0.5) is 5.82 Å². The van der Waals surface area contributed by atoms with Crippen LogP contribution in [0, 0.1) is 5.92 Å². The van der Waals surface area contributed by atoms with E-state index in [1.807, 2.05) is 0 Å². The van der Waals surface area contributed by atoms with Crippen molar-refractivity contribution in [3.63, 3.8) is 0 Å². The van der Waals surface area contributed by atoms with Crippen molar-refractivity contribution in [3.8, 4) is 0 Å². The highest BCUT2D eigenvalue weighted by atomic mass is 35.5. The van der Waals surface area contributed by atoms with Gasteiger partial charge in [-0.05, 0) is 29.9 Å². The number of halogens is 2. The first-order chi connectivity index (χ1) is 14.4. The molecule has 0 spiro atoms. The quantitative estimate of drug-likeness (QED) is 0.349. The summed E-state index contributed by atoms with van der Waals surface area (Å²) in [6.07, 6.45) is 1.76. The van der Waals surface area contributed by atoms with E-state index in [9.17, 15) is 4.79 Å². The molecule has 0 aliphatic heterocycles. The molecule has 0 aliphatic rings. The fourth-order valence-electron chi connectivity index (χ4n) is 2.77. The summed E-state index contributed by atoms with van der Waals surface area (Å²) >= 11 is 13.6. The van der Waals surface area contributed by atoms with Gasteiger partial charge in [0.25, 0.3) is 5.91 Å². The van der Waals surface area contributed by atoms with Gasteiger partial charge >= 0.3 is 0 Å². The SMILES string of the molecule is CCSc1nc(NCC(C)C)c2cnn(CCNC(=O)c3cc(Cl)ccc3Cl)c2n1. The predicted molar refractivity (Wildman–Crippen MR) is 124 cm³/mol. The second-order valence-corrected chi connectivity index (χ2v) is 9.12. The number of fused-ring (bicyclic) bond motifs is 1. The van der Waals surface area contributed by atoms with Gasteiger partial charge in [0, 0.05) is 18.1 Å². The van der Waals surface area contributed by atoms with Gasteiger partial charge in [0.1, 0.15) is 5.82 Å². The van der Waals surface area contributed by atoms with E-state index in [-0.39, 0.29) is 5.91 Å². The fourth-order valence-corrected chi connectivity index (χ4v) is 3.71. The number of nitrogens with zero attached hydrogens (tertiary/aromatic N) is 4. The average Bonchev–Trinajstić information content (AvgIpc) is 3.11. The number of anilines is 1. The summed E-state index contributed by atoms with van der Waals surface area (Å²) in [7, 11) is 0. The maximum Gasteiger partial charge on any atom is 0.252 e. The molecule has 1 amide bonds. The number of hydrogen-bond acceptors (Lipinski definition) is 6. The van der Waals surface area contributed by atoms with Crippen molar-refractivity contribution in [3.05, 3.63) is 40.0 Å². The number of hydrogen-bond donors (Lipinski definition) is 2. The molecule has 7 nitrogen and oxygen atoms in total. The first kappa shape index (κ1) is 22.7. The molecular weight excluding hydrogens is 443 g/mol. The van der Waals surface area contributed by atoms with Gasteiger partial charge in [-0.2, -0.15) is 5.10 Å². The lowest BCUT2D eigenvalue weighted by molar-refractivity contribution is 0.0952. The Balaban J connectivity index is 1.75. The van der Waals surface area contributed by atoms with Crippen molar-refractivity contribution in [2.45, 2.75) is 32.5 Å². The van der Waals surface area contributed by atoms with Crippen LogP contribution in [0.5, 0.6) is 0 Å². The smallest absolute Gasteiger partial charge is 0.252 e. The number of amides is 1. The monoisotopic (exact) mass is 466 g/mol. The Labute approximate surface area is 189 Å². The Hall–Kier alpha value is -2.03. The molecule has 30 heavy (non-hydrogen) atoms. The Morgan fingerprint density at radius 1 is 1.27 bits per heavy atom. The first-order valence-electron chi connectivity index (χ1n) is 9.72. The molecule has 0 unspecified atom stereocenters. The van der Waals surface area contributed by atoms with Gasteiger partial charge in [0.15, 0.2) is 10.8 Å². The topological polar surface area (TPSA) is 84.7 Å². The average molecular weight is 467 g/mol. The zero-order chi connectivity index (χ0) is 21.7. The van der Waals surface area contributed by atoms with E-state index in [4.69, 9.17) is 23.2 Å². The summed E-state index contributed by atoms with van der Waals surface area (Å²) in [5, 5.41) is 13.1. The van der Waals surface area contributed by atoms with Crippen LogP contribution in [-0.4, -0.2) is 44.5 Å². The van der Waals surface area contributed by atoms with Gasteiger partial charge in [0.2, 0.25) is 0 Å². The van der Waals surface area contributed by atoms with Crippen molar-refractivity contribution in [2.24, 2.45) is 5.92 Å². The third-order valence-corrected chi connectivity index (χ3v) is 5.50. The lowest BCUT2D eigenvalue weighted by Gasteiger charge is -2.11. The van der Waals surface area contributed by atoms with E-state index in [0.29, 0.717) is 39.8 Å². The predicted octanol–water partition coefficient (Wildman–Crippen LogP) is 4.74. The number of benzene rings is 1. The zero-order valence-corrected chi connectivity index (χ0v) is 19.4. The summed E-state index contributed by atoms with van der Waals surface area (Å²) in [6.45, 7) is 7.99. The molecule has 2 N–H and O–H groups in total.